The number of anilines is 1. The number of amides is 1. The molecule has 0 aromatic heterocycles. The van der Waals surface area contributed by atoms with E-state index in [0.29, 0.717) is 6.54 Å². The number of hydrogen-bond donors (Lipinski definition) is 1. The van der Waals surface area contributed by atoms with Crippen molar-refractivity contribution in [2.75, 3.05) is 19.1 Å². The van der Waals surface area contributed by atoms with Gasteiger partial charge in [0, 0.05) is 18.9 Å². The van der Waals surface area contributed by atoms with Crippen LogP contribution in [-0.4, -0.2) is 25.1 Å². The molecule has 1 atom stereocenters. The van der Waals surface area contributed by atoms with Crippen molar-refractivity contribution in [1.29, 1.82) is 0 Å². The smallest absolute Gasteiger partial charge is 0.237 e. The molecule has 4 rings (SSSR count). The zero-order valence-electron chi connectivity index (χ0n) is 17.1. The van der Waals surface area contributed by atoms with Crippen molar-refractivity contribution in [2.45, 2.75) is 38.3 Å². The Hall–Kier alpha value is -2.79. The maximum Gasteiger partial charge on any atom is 0.237 e. The van der Waals surface area contributed by atoms with Crippen molar-refractivity contribution in [2.24, 2.45) is 0 Å². The van der Waals surface area contributed by atoms with E-state index in [4.69, 9.17) is 4.74 Å². The Morgan fingerprint density at radius 3 is 2.39 bits per heavy atom. The van der Waals surface area contributed by atoms with Gasteiger partial charge in [0.05, 0.1) is 24.6 Å². The Labute approximate surface area is 166 Å². The van der Waals surface area contributed by atoms with Crippen molar-refractivity contribution in [3.8, 4) is 5.75 Å². The number of rotatable bonds is 4. The lowest BCUT2D eigenvalue weighted by atomic mass is 9.84. The molecule has 5 nitrogen and oxygen atoms in total. The lowest BCUT2D eigenvalue weighted by Gasteiger charge is -2.27. The Balaban J connectivity index is 1.72. The van der Waals surface area contributed by atoms with Gasteiger partial charge >= 0.3 is 0 Å². The molecule has 2 heterocycles. The summed E-state index contributed by atoms with van der Waals surface area (Å²) in [5.41, 5.74) is 6.92. The predicted molar refractivity (Wildman–Crippen MR) is 111 cm³/mol. The van der Waals surface area contributed by atoms with Gasteiger partial charge in [0.1, 0.15) is 5.75 Å². The molecule has 1 N–H and O–H groups in total. The van der Waals surface area contributed by atoms with Gasteiger partial charge in [0.2, 0.25) is 5.91 Å². The van der Waals surface area contributed by atoms with E-state index in [1.807, 2.05) is 61.3 Å². The standard InChI is InChI=1S/C23H27N3O2/c1-22(2)19-11-8-17(23(3)12-13-25(4)24-23)14-20(19)26(21(22)27)15-16-6-9-18(28-5)10-7-16/h6-14,24H,15H2,1-5H3. The van der Waals surface area contributed by atoms with E-state index in [1.165, 1.54) is 0 Å². The summed E-state index contributed by atoms with van der Waals surface area (Å²) in [6.07, 6.45) is 4.17. The third-order valence-electron chi connectivity index (χ3n) is 5.88. The van der Waals surface area contributed by atoms with Crippen LogP contribution in [0, 0.1) is 0 Å². The van der Waals surface area contributed by atoms with Gasteiger partial charge in [0.25, 0.3) is 0 Å². The SMILES string of the molecule is COc1ccc(CN2C(=O)C(C)(C)c3ccc(C4(C)C=CN(C)N4)cc32)cc1. The molecule has 0 fully saturated rings. The minimum Gasteiger partial charge on any atom is -0.497 e. The summed E-state index contributed by atoms with van der Waals surface area (Å²) >= 11 is 0. The number of hydrazine groups is 1. The van der Waals surface area contributed by atoms with Gasteiger partial charge < -0.3 is 14.6 Å². The first-order valence-electron chi connectivity index (χ1n) is 9.54. The Bertz CT molecular complexity index is 949. The summed E-state index contributed by atoms with van der Waals surface area (Å²) < 4.78 is 5.24. The van der Waals surface area contributed by atoms with E-state index in [1.54, 1.807) is 7.11 Å². The third-order valence-corrected chi connectivity index (χ3v) is 5.88. The normalized spacial score (nSPS) is 22.7. The molecule has 2 aromatic carbocycles. The van der Waals surface area contributed by atoms with Crippen LogP contribution in [0.2, 0.25) is 0 Å². The number of carbonyl (C=O) groups excluding carboxylic acids is 1. The monoisotopic (exact) mass is 377 g/mol. The molecule has 0 saturated heterocycles. The maximum atomic E-state index is 13.2. The van der Waals surface area contributed by atoms with E-state index in [9.17, 15) is 4.79 Å². The summed E-state index contributed by atoms with van der Waals surface area (Å²) in [6.45, 7) is 6.70. The van der Waals surface area contributed by atoms with E-state index >= 15 is 0 Å². The predicted octanol–water partition coefficient (Wildman–Crippen LogP) is 3.70. The highest BCUT2D eigenvalue weighted by Gasteiger charge is 2.44. The summed E-state index contributed by atoms with van der Waals surface area (Å²) in [6, 6.07) is 14.3. The van der Waals surface area contributed by atoms with E-state index in [-0.39, 0.29) is 11.4 Å². The van der Waals surface area contributed by atoms with E-state index in [0.717, 1.165) is 28.1 Å². The number of methoxy groups -OCH3 is 1. The summed E-state index contributed by atoms with van der Waals surface area (Å²) in [4.78, 5) is 15.1. The highest BCUT2D eigenvalue weighted by Crippen LogP contribution is 2.44. The Kier molecular flexibility index (Phi) is 4.23. The first-order chi connectivity index (χ1) is 13.2. The highest BCUT2D eigenvalue weighted by molar-refractivity contribution is 6.07. The minimum absolute atomic E-state index is 0.132. The van der Waals surface area contributed by atoms with Crippen molar-refractivity contribution >= 4 is 11.6 Å². The lowest BCUT2D eigenvalue weighted by Crippen LogP contribution is -2.40. The molecule has 0 bridgehead atoms. The van der Waals surface area contributed by atoms with Crippen molar-refractivity contribution in [3.05, 3.63) is 71.4 Å². The fraction of sp³-hybridized carbons (Fsp3) is 0.348. The zero-order valence-corrected chi connectivity index (χ0v) is 17.1. The quantitative estimate of drug-likeness (QED) is 0.883. The van der Waals surface area contributed by atoms with Gasteiger partial charge in [-0.1, -0.05) is 24.3 Å². The summed E-state index contributed by atoms with van der Waals surface area (Å²) in [5, 5.41) is 1.96. The molecule has 0 spiro atoms. The number of nitrogens with zero attached hydrogens (tertiary/aromatic N) is 2. The van der Waals surface area contributed by atoms with Crippen LogP contribution >= 0.6 is 0 Å². The number of nitrogens with one attached hydrogen (secondary N) is 1. The minimum atomic E-state index is -0.531. The topological polar surface area (TPSA) is 44.8 Å². The van der Waals surface area contributed by atoms with Crippen LogP contribution in [0.4, 0.5) is 5.69 Å². The van der Waals surface area contributed by atoms with Crippen LogP contribution < -0.4 is 15.1 Å². The fourth-order valence-corrected chi connectivity index (χ4v) is 4.10. The number of carbonyl (C=O) groups is 1. The first-order valence-corrected chi connectivity index (χ1v) is 9.54. The van der Waals surface area contributed by atoms with Crippen LogP contribution in [0.15, 0.2) is 54.7 Å². The molecule has 28 heavy (non-hydrogen) atoms. The third kappa shape index (κ3) is 2.87. The van der Waals surface area contributed by atoms with Gasteiger partial charge in [0.15, 0.2) is 0 Å². The second-order valence-corrected chi connectivity index (χ2v) is 8.34. The second-order valence-electron chi connectivity index (χ2n) is 8.34. The molecule has 146 valence electrons. The number of fused-ring (bicyclic) bond motifs is 1. The molecule has 1 amide bonds. The number of benzene rings is 2. The maximum absolute atomic E-state index is 13.2. The van der Waals surface area contributed by atoms with E-state index < -0.39 is 5.41 Å². The molecular weight excluding hydrogens is 350 g/mol. The van der Waals surface area contributed by atoms with Crippen molar-refractivity contribution in [3.63, 3.8) is 0 Å². The van der Waals surface area contributed by atoms with Gasteiger partial charge in [-0.15, -0.1) is 0 Å². The number of ether oxygens (including phenoxy) is 1. The molecule has 5 heteroatoms. The zero-order chi connectivity index (χ0) is 20.1. The van der Waals surface area contributed by atoms with Crippen LogP contribution in [0.1, 0.15) is 37.5 Å². The van der Waals surface area contributed by atoms with Crippen LogP contribution in [0.25, 0.3) is 0 Å². The van der Waals surface area contributed by atoms with Gasteiger partial charge in [-0.05, 0) is 61.7 Å². The second kappa shape index (κ2) is 6.38. The van der Waals surface area contributed by atoms with E-state index in [2.05, 4.69) is 36.6 Å². The fourth-order valence-electron chi connectivity index (χ4n) is 4.10. The molecule has 0 aliphatic carbocycles. The molecule has 0 radical (unpaired) electrons. The average Bonchev–Trinajstić information content (AvgIpc) is 3.13. The van der Waals surface area contributed by atoms with Crippen molar-refractivity contribution < 1.29 is 9.53 Å². The molecule has 0 saturated carbocycles. The molecule has 1 unspecified atom stereocenters. The van der Waals surface area contributed by atoms with Crippen LogP contribution in [-0.2, 0) is 22.3 Å². The Morgan fingerprint density at radius 2 is 1.79 bits per heavy atom. The largest absolute Gasteiger partial charge is 0.497 e. The van der Waals surface area contributed by atoms with Gasteiger partial charge in [-0.3, -0.25) is 4.79 Å². The first kappa shape index (κ1) is 18.6. The van der Waals surface area contributed by atoms with Gasteiger partial charge in [-0.25, -0.2) is 5.43 Å². The molecule has 2 aromatic rings. The molecule has 2 aliphatic rings. The molecular formula is C23H27N3O2. The van der Waals surface area contributed by atoms with Crippen LogP contribution in [0.3, 0.4) is 0 Å². The van der Waals surface area contributed by atoms with Crippen LogP contribution in [0.5, 0.6) is 5.75 Å². The lowest BCUT2D eigenvalue weighted by molar-refractivity contribution is -0.122. The van der Waals surface area contributed by atoms with Crippen molar-refractivity contribution in [1.82, 2.24) is 10.4 Å². The summed E-state index contributed by atoms with van der Waals surface area (Å²) in [5.74, 6) is 0.948. The Morgan fingerprint density at radius 1 is 1.07 bits per heavy atom. The summed E-state index contributed by atoms with van der Waals surface area (Å²) in [7, 11) is 3.64. The highest BCUT2D eigenvalue weighted by atomic mass is 16.5. The molecule has 2 aliphatic heterocycles. The number of hydrogen-bond acceptors (Lipinski definition) is 4. The average molecular weight is 377 g/mol. The van der Waals surface area contributed by atoms with Gasteiger partial charge in [-0.2, -0.15) is 0 Å².